The second-order valence-electron chi connectivity index (χ2n) is 2.97. The van der Waals surface area contributed by atoms with E-state index in [0.29, 0.717) is 10.5 Å². The molecule has 1 saturated carbocycles. The van der Waals surface area contributed by atoms with Gasteiger partial charge < -0.3 is 0 Å². The average Bonchev–Trinajstić information content (AvgIpc) is 2.82. The lowest BCUT2D eigenvalue weighted by atomic mass is 10.3. The van der Waals surface area contributed by atoms with Crippen LogP contribution in [0.1, 0.15) is 33.2 Å². The number of carbonyl (C=O) groups is 1. The van der Waals surface area contributed by atoms with E-state index < -0.39 is 0 Å². The van der Waals surface area contributed by atoms with Gasteiger partial charge in [-0.1, -0.05) is 15.9 Å². The molecule has 1 aromatic rings. The van der Waals surface area contributed by atoms with E-state index >= 15 is 0 Å². The van der Waals surface area contributed by atoms with Crippen LogP contribution in [0.15, 0.2) is 5.38 Å². The van der Waals surface area contributed by atoms with Crippen molar-refractivity contribution in [2.75, 3.05) is 0 Å². The number of thiazole rings is 1. The van der Waals surface area contributed by atoms with Gasteiger partial charge in [-0.25, -0.2) is 4.98 Å². The lowest BCUT2D eigenvalue weighted by Crippen LogP contribution is -1.91. The number of carbonyl (C=O) groups excluding carboxylic acids is 1. The molecule has 64 valence electrons. The minimum absolute atomic E-state index is 0.371. The quantitative estimate of drug-likeness (QED) is 0.606. The first-order valence-corrected chi connectivity index (χ1v) is 5.65. The van der Waals surface area contributed by atoms with Gasteiger partial charge in [0.05, 0.1) is 4.83 Å². The molecule has 1 aliphatic carbocycles. The second-order valence-corrected chi connectivity index (χ2v) is 4.84. The summed E-state index contributed by atoms with van der Waals surface area (Å²) in [5.41, 5.74) is 0.556. The van der Waals surface area contributed by atoms with Gasteiger partial charge >= 0.3 is 0 Å². The summed E-state index contributed by atoms with van der Waals surface area (Å²) in [6, 6.07) is 0. The molecule has 1 aliphatic rings. The third kappa shape index (κ3) is 1.59. The fraction of sp³-hybridized carbons (Fsp3) is 0.500. The Kier molecular flexibility index (Phi) is 2.28. The van der Waals surface area contributed by atoms with E-state index in [0.717, 1.165) is 17.2 Å². The predicted octanol–water partition coefficient (Wildman–Crippen LogP) is 2.80. The molecule has 1 unspecified atom stereocenters. The van der Waals surface area contributed by atoms with Crippen LogP contribution in [0, 0.1) is 5.92 Å². The maximum Gasteiger partial charge on any atom is 0.169 e. The van der Waals surface area contributed by atoms with Gasteiger partial charge in [0.2, 0.25) is 0 Å². The first-order valence-electron chi connectivity index (χ1n) is 3.86. The highest BCUT2D eigenvalue weighted by Gasteiger charge is 2.32. The van der Waals surface area contributed by atoms with E-state index in [1.807, 2.05) is 0 Å². The van der Waals surface area contributed by atoms with Gasteiger partial charge in [0.1, 0.15) is 10.7 Å². The highest BCUT2D eigenvalue weighted by Crippen LogP contribution is 2.46. The van der Waals surface area contributed by atoms with E-state index in [2.05, 4.69) is 20.9 Å². The van der Waals surface area contributed by atoms with Crippen molar-refractivity contribution >= 4 is 33.6 Å². The molecule has 1 aromatic heterocycles. The smallest absolute Gasteiger partial charge is 0.169 e. The molecule has 0 radical (unpaired) electrons. The van der Waals surface area contributed by atoms with Crippen molar-refractivity contribution in [2.24, 2.45) is 5.92 Å². The van der Waals surface area contributed by atoms with Crippen LogP contribution in [0.3, 0.4) is 0 Å². The van der Waals surface area contributed by atoms with Gasteiger partial charge in [-0.15, -0.1) is 11.3 Å². The van der Waals surface area contributed by atoms with E-state index in [4.69, 9.17) is 0 Å². The summed E-state index contributed by atoms with van der Waals surface area (Å²) in [4.78, 5) is 14.9. The van der Waals surface area contributed by atoms with Gasteiger partial charge in [-0.3, -0.25) is 4.79 Å². The normalized spacial score (nSPS) is 19.1. The molecule has 0 spiro atoms. The Morgan fingerprint density at radius 3 is 3.00 bits per heavy atom. The Morgan fingerprint density at radius 2 is 2.50 bits per heavy atom. The Balaban J connectivity index is 2.15. The Labute approximate surface area is 83.1 Å². The van der Waals surface area contributed by atoms with E-state index in [1.165, 1.54) is 12.8 Å². The van der Waals surface area contributed by atoms with Crippen molar-refractivity contribution in [3.63, 3.8) is 0 Å². The summed E-state index contributed by atoms with van der Waals surface area (Å²) < 4.78 is 0. The number of rotatable bonds is 3. The molecule has 0 bridgehead atoms. The standard InChI is InChI=1S/C8H8BrNOS/c9-7(5-1-2-5)8-10-6(3-11)4-12-8/h3-5,7H,1-2H2. The van der Waals surface area contributed by atoms with Crippen LogP contribution in [0.25, 0.3) is 0 Å². The van der Waals surface area contributed by atoms with Crippen LogP contribution < -0.4 is 0 Å². The molecule has 0 aliphatic heterocycles. The molecule has 1 atom stereocenters. The third-order valence-electron chi connectivity index (χ3n) is 1.93. The van der Waals surface area contributed by atoms with Gasteiger partial charge in [-0.05, 0) is 18.8 Å². The molecule has 4 heteroatoms. The maximum absolute atomic E-state index is 10.4. The number of alkyl halides is 1. The molecule has 1 heterocycles. The maximum atomic E-state index is 10.4. The van der Waals surface area contributed by atoms with E-state index in [-0.39, 0.29) is 0 Å². The summed E-state index contributed by atoms with van der Waals surface area (Å²) in [6.45, 7) is 0. The predicted molar refractivity (Wildman–Crippen MR) is 51.9 cm³/mol. The molecular formula is C8H8BrNOS. The fourth-order valence-corrected chi connectivity index (χ4v) is 2.86. The molecule has 0 saturated heterocycles. The zero-order chi connectivity index (χ0) is 8.55. The fourth-order valence-electron chi connectivity index (χ4n) is 1.07. The van der Waals surface area contributed by atoms with Crippen molar-refractivity contribution in [1.82, 2.24) is 4.98 Å². The number of aldehydes is 1. The third-order valence-corrected chi connectivity index (χ3v) is 4.36. The number of hydrogen-bond donors (Lipinski definition) is 0. The first kappa shape index (κ1) is 8.38. The van der Waals surface area contributed by atoms with Gasteiger partial charge in [0.15, 0.2) is 6.29 Å². The Bertz CT molecular complexity index is 295. The van der Waals surface area contributed by atoms with Crippen LogP contribution in [-0.2, 0) is 0 Å². The van der Waals surface area contributed by atoms with E-state index in [1.54, 1.807) is 16.7 Å². The molecule has 0 aromatic carbocycles. The van der Waals surface area contributed by atoms with Gasteiger partial charge in [-0.2, -0.15) is 0 Å². The highest BCUT2D eigenvalue weighted by molar-refractivity contribution is 9.09. The van der Waals surface area contributed by atoms with Crippen molar-refractivity contribution in [3.8, 4) is 0 Å². The molecule has 0 amide bonds. The van der Waals surface area contributed by atoms with Crippen molar-refractivity contribution in [1.29, 1.82) is 0 Å². The van der Waals surface area contributed by atoms with Crippen LogP contribution in [0.4, 0.5) is 0 Å². The van der Waals surface area contributed by atoms with E-state index in [9.17, 15) is 4.79 Å². The minimum atomic E-state index is 0.371. The average molecular weight is 246 g/mol. The van der Waals surface area contributed by atoms with Crippen molar-refractivity contribution in [3.05, 3.63) is 16.1 Å². The zero-order valence-electron chi connectivity index (χ0n) is 6.37. The first-order chi connectivity index (χ1) is 5.81. The molecule has 1 fully saturated rings. The highest BCUT2D eigenvalue weighted by atomic mass is 79.9. The van der Waals surface area contributed by atoms with Gasteiger partial charge in [0, 0.05) is 5.38 Å². The molecule has 2 rings (SSSR count). The van der Waals surface area contributed by atoms with Crippen LogP contribution in [-0.4, -0.2) is 11.3 Å². The summed E-state index contributed by atoms with van der Waals surface area (Å²) in [5.74, 6) is 0.746. The second kappa shape index (κ2) is 3.26. The van der Waals surface area contributed by atoms with Crippen LogP contribution in [0.2, 0.25) is 0 Å². The summed E-state index contributed by atoms with van der Waals surface area (Å²) in [7, 11) is 0. The lowest BCUT2D eigenvalue weighted by molar-refractivity contribution is 0.111. The molecule has 2 nitrogen and oxygen atoms in total. The SMILES string of the molecule is O=Cc1csc(C(Br)C2CC2)n1. The monoisotopic (exact) mass is 245 g/mol. The summed E-state index contributed by atoms with van der Waals surface area (Å²) >= 11 is 5.15. The Morgan fingerprint density at radius 1 is 1.75 bits per heavy atom. The molecular weight excluding hydrogens is 238 g/mol. The van der Waals surface area contributed by atoms with Crippen LogP contribution >= 0.6 is 27.3 Å². The van der Waals surface area contributed by atoms with Crippen molar-refractivity contribution < 1.29 is 4.79 Å². The Hall–Kier alpha value is -0.220. The number of halogens is 1. The number of nitrogens with zero attached hydrogens (tertiary/aromatic N) is 1. The van der Waals surface area contributed by atoms with Crippen LogP contribution in [0.5, 0.6) is 0 Å². The number of hydrogen-bond acceptors (Lipinski definition) is 3. The van der Waals surface area contributed by atoms with Crippen molar-refractivity contribution in [2.45, 2.75) is 17.7 Å². The molecule has 12 heavy (non-hydrogen) atoms. The van der Waals surface area contributed by atoms with Gasteiger partial charge in [0.25, 0.3) is 0 Å². The summed E-state index contributed by atoms with van der Waals surface area (Å²) in [6.07, 6.45) is 3.37. The zero-order valence-corrected chi connectivity index (χ0v) is 8.77. The number of aromatic nitrogens is 1. The molecule has 0 N–H and O–H groups in total. The minimum Gasteiger partial charge on any atom is -0.296 e. The lowest BCUT2D eigenvalue weighted by Gasteiger charge is -2.01. The largest absolute Gasteiger partial charge is 0.296 e. The summed E-state index contributed by atoms with van der Waals surface area (Å²) in [5, 5.41) is 2.85. The topological polar surface area (TPSA) is 30.0 Å².